The van der Waals surface area contributed by atoms with Crippen molar-refractivity contribution in [2.45, 2.75) is 19.0 Å². The first-order chi connectivity index (χ1) is 18.8. The smallest absolute Gasteiger partial charge is 0.248 e. The summed E-state index contributed by atoms with van der Waals surface area (Å²) < 4.78 is 29.7. The van der Waals surface area contributed by atoms with Crippen molar-refractivity contribution in [3.05, 3.63) is 108 Å². The van der Waals surface area contributed by atoms with Crippen LogP contribution in [0.5, 0.6) is 0 Å². The fourth-order valence-corrected chi connectivity index (χ4v) is 4.47. The predicted molar refractivity (Wildman–Crippen MR) is 141 cm³/mol. The molecular formula is C28H23F2N7O2. The monoisotopic (exact) mass is 527 g/mol. The van der Waals surface area contributed by atoms with Gasteiger partial charge in [-0.05, 0) is 53.9 Å². The zero-order valence-corrected chi connectivity index (χ0v) is 20.5. The molecule has 0 aliphatic rings. The van der Waals surface area contributed by atoms with Crippen LogP contribution in [0.15, 0.2) is 79.3 Å². The molecule has 0 fully saturated rings. The molecule has 3 heterocycles. The van der Waals surface area contributed by atoms with E-state index in [1.807, 2.05) is 0 Å². The number of benzene rings is 2. The summed E-state index contributed by atoms with van der Waals surface area (Å²) in [4.78, 5) is 37.8. The number of halogens is 2. The number of anilines is 1. The van der Waals surface area contributed by atoms with Gasteiger partial charge in [-0.15, -0.1) is 0 Å². The standard InChI is InChI=1S/C28H23F2N7O2/c29-20-9-16(10-21(30)13-20)11-23(35-24(38)15-37-8-6-19-14-34-28(32)36-27(19)37)25-22(5-2-7-33-25)17-3-1-4-18(12-17)26(31)39/h1-10,12-14,23H,11,15H2,(H2,31,39)(H,35,38)(H2,32,34,36)/t23-/m0/s1. The van der Waals surface area contributed by atoms with Crippen LogP contribution in [-0.4, -0.2) is 31.3 Å². The van der Waals surface area contributed by atoms with Gasteiger partial charge in [0.05, 0.1) is 11.7 Å². The maximum atomic E-state index is 14.0. The number of amides is 2. The van der Waals surface area contributed by atoms with Gasteiger partial charge in [0.2, 0.25) is 17.8 Å². The highest BCUT2D eigenvalue weighted by Gasteiger charge is 2.22. The average molecular weight is 528 g/mol. The Morgan fingerprint density at radius 1 is 1.00 bits per heavy atom. The zero-order valence-electron chi connectivity index (χ0n) is 20.5. The summed E-state index contributed by atoms with van der Waals surface area (Å²) in [6.45, 7) is -0.104. The Morgan fingerprint density at radius 2 is 1.79 bits per heavy atom. The molecule has 0 radical (unpaired) electrons. The summed E-state index contributed by atoms with van der Waals surface area (Å²) in [6.07, 6.45) is 4.85. The van der Waals surface area contributed by atoms with Gasteiger partial charge in [0.15, 0.2) is 0 Å². The highest BCUT2D eigenvalue weighted by Crippen LogP contribution is 2.30. The Kier molecular flexibility index (Phi) is 6.96. The van der Waals surface area contributed by atoms with Crippen molar-refractivity contribution in [3.8, 4) is 11.1 Å². The van der Waals surface area contributed by atoms with E-state index < -0.39 is 29.5 Å². The van der Waals surface area contributed by atoms with Crippen LogP contribution < -0.4 is 16.8 Å². The number of aromatic nitrogens is 4. The molecule has 0 saturated heterocycles. The van der Waals surface area contributed by atoms with Gasteiger partial charge >= 0.3 is 0 Å². The number of nitrogen functional groups attached to an aromatic ring is 1. The first kappa shape index (κ1) is 25.5. The molecule has 2 amide bonds. The van der Waals surface area contributed by atoms with Crippen LogP contribution in [0.25, 0.3) is 22.2 Å². The fraction of sp³-hybridized carbons (Fsp3) is 0.107. The van der Waals surface area contributed by atoms with Gasteiger partial charge in [0.1, 0.15) is 23.8 Å². The van der Waals surface area contributed by atoms with E-state index in [0.717, 1.165) is 6.07 Å². The Labute approximate surface area is 221 Å². The van der Waals surface area contributed by atoms with Crippen LogP contribution in [0, 0.1) is 11.6 Å². The number of carbonyl (C=O) groups excluding carboxylic acids is 2. The lowest BCUT2D eigenvalue weighted by atomic mass is 9.94. The summed E-state index contributed by atoms with van der Waals surface area (Å²) in [7, 11) is 0. The lowest BCUT2D eigenvalue weighted by Gasteiger charge is -2.22. The van der Waals surface area contributed by atoms with E-state index >= 15 is 0 Å². The zero-order chi connectivity index (χ0) is 27.5. The van der Waals surface area contributed by atoms with Crippen molar-refractivity contribution < 1.29 is 18.4 Å². The minimum absolute atomic E-state index is 0.0431. The number of nitrogens with one attached hydrogen (secondary N) is 1. The Bertz CT molecular complexity index is 1680. The number of nitrogens with zero attached hydrogens (tertiary/aromatic N) is 4. The molecule has 0 spiro atoms. The van der Waals surface area contributed by atoms with Crippen LogP contribution in [-0.2, 0) is 17.8 Å². The summed E-state index contributed by atoms with van der Waals surface area (Å²) in [6, 6.07) is 14.4. The van der Waals surface area contributed by atoms with Gasteiger partial charge in [-0.2, -0.15) is 4.98 Å². The lowest BCUT2D eigenvalue weighted by molar-refractivity contribution is -0.122. The fourth-order valence-electron chi connectivity index (χ4n) is 4.47. The van der Waals surface area contributed by atoms with Gasteiger partial charge in [-0.25, -0.2) is 13.8 Å². The number of hydrogen-bond acceptors (Lipinski definition) is 6. The number of hydrogen-bond donors (Lipinski definition) is 3. The third-order valence-electron chi connectivity index (χ3n) is 6.16. The second-order valence-corrected chi connectivity index (χ2v) is 8.93. The molecule has 5 aromatic rings. The number of primary amides is 1. The number of fused-ring (bicyclic) bond motifs is 1. The minimum Gasteiger partial charge on any atom is -0.368 e. The van der Waals surface area contributed by atoms with Crippen molar-refractivity contribution in [1.29, 1.82) is 0 Å². The molecule has 39 heavy (non-hydrogen) atoms. The van der Waals surface area contributed by atoms with E-state index in [1.54, 1.807) is 65.6 Å². The third kappa shape index (κ3) is 5.72. The quantitative estimate of drug-likeness (QED) is 0.282. The first-order valence-electron chi connectivity index (χ1n) is 11.9. The van der Waals surface area contributed by atoms with Gasteiger partial charge in [0, 0.05) is 41.2 Å². The first-order valence-corrected chi connectivity index (χ1v) is 11.9. The largest absolute Gasteiger partial charge is 0.368 e. The second kappa shape index (κ2) is 10.7. The normalized spacial score (nSPS) is 11.8. The second-order valence-electron chi connectivity index (χ2n) is 8.93. The summed E-state index contributed by atoms with van der Waals surface area (Å²) in [5.41, 5.74) is 14.0. The third-order valence-corrected chi connectivity index (χ3v) is 6.16. The molecule has 1 atom stereocenters. The molecule has 3 aromatic heterocycles. The molecule has 0 bridgehead atoms. The number of carbonyl (C=O) groups is 2. The van der Waals surface area contributed by atoms with E-state index in [1.165, 1.54) is 12.1 Å². The SMILES string of the molecule is NC(=O)c1cccc(-c2cccnc2[C@H](Cc2cc(F)cc(F)c2)NC(=O)Cn2ccc3cnc(N)nc32)c1. The van der Waals surface area contributed by atoms with E-state index in [-0.39, 0.29) is 18.9 Å². The highest BCUT2D eigenvalue weighted by atomic mass is 19.1. The van der Waals surface area contributed by atoms with E-state index in [4.69, 9.17) is 11.5 Å². The van der Waals surface area contributed by atoms with Crippen molar-refractivity contribution in [1.82, 2.24) is 24.8 Å². The maximum Gasteiger partial charge on any atom is 0.248 e. The molecule has 0 aliphatic heterocycles. The summed E-state index contributed by atoms with van der Waals surface area (Å²) in [5.74, 6) is -2.38. The average Bonchev–Trinajstić information content (AvgIpc) is 3.29. The molecule has 196 valence electrons. The van der Waals surface area contributed by atoms with E-state index in [2.05, 4.69) is 20.3 Å². The molecule has 5 rings (SSSR count). The highest BCUT2D eigenvalue weighted by molar-refractivity contribution is 5.94. The molecule has 0 saturated carbocycles. The Hall–Kier alpha value is -5.19. The van der Waals surface area contributed by atoms with Gasteiger partial charge in [0.25, 0.3) is 0 Å². The van der Waals surface area contributed by atoms with Gasteiger partial charge in [-0.3, -0.25) is 14.6 Å². The van der Waals surface area contributed by atoms with Crippen LogP contribution >= 0.6 is 0 Å². The topological polar surface area (TPSA) is 142 Å². The number of nitrogens with two attached hydrogens (primary N) is 2. The van der Waals surface area contributed by atoms with Crippen LogP contribution in [0.1, 0.15) is 27.7 Å². The summed E-state index contributed by atoms with van der Waals surface area (Å²) >= 11 is 0. The lowest BCUT2D eigenvalue weighted by Crippen LogP contribution is -2.33. The molecule has 2 aromatic carbocycles. The molecule has 5 N–H and O–H groups in total. The van der Waals surface area contributed by atoms with Crippen molar-refractivity contribution in [2.24, 2.45) is 5.73 Å². The molecule has 0 aliphatic carbocycles. The summed E-state index contributed by atoms with van der Waals surface area (Å²) in [5, 5.41) is 3.67. The predicted octanol–water partition coefficient (Wildman–Crippen LogP) is 3.55. The van der Waals surface area contributed by atoms with Crippen molar-refractivity contribution >= 4 is 28.8 Å². The Balaban J connectivity index is 1.52. The molecule has 9 nitrogen and oxygen atoms in total. The number of rotatable bonds is 8. The molecule has 0 unspecified atom stereocenters. The van der Waals surface area contributed by atoms with Crippen molar-refractivity contribution in [3.63, 3.8) is 0 Å². The minimum atomic E-state index is -0.784. The van der Waals surface area contributed by atoms with Crippen molar-refractivity contribution in [2.75, 3.05) is 5.73 Å². The van der Waals surface area contributed by atoms with Gasteiger partial charge in [-0.1, -0.05) is 18.2 Å². The van der Waals surface area contributed by atoms with Crippen LogP contribution in [0.3, 0.4) is 0 Å². The molecule has 11 heteroatoms. The maximum absolute atomic E-state index is 14.0. The van der Waals surface area contributed by atoms with Crippen LogP contribution in [0.2, 0.25) is 0 Å². The van der Waals surface area contributed by atoms with Crippen LogP contribution in [0.4, 0.5) is 14.7 Å². The molecular weight excluding hydrogens is 504 g/mol. The van der Waals surface area contributed by atoms with Gasteiger partial charge < -0.3 is 21.4 Å². The van der Waals surface area contributed by atoms with E-state index in [9.17, 15) is 18.4 Å². The Morgan fingerprint density at radius 3 is 2.56 bits per heavy atom. The van der Waals surface area contributed by atoms with E-state index in [0.29, 0.717) is 39.0 Å². The number of pyridine rings is 1.